The Morgan fingerprint density at radius 2 is 1.89 bits per heavy atom. The Kier molecular flexibility index (Phi) is 6.84. The average Bonchev–Trinajstić information content (AvgIpc) is 2.97. The summed E-state index contributed by atoms with van der Waals surface area (Å²) in [6, 6.07) is 16.2. The van der Waals surface area contributed by atoms with Gasteiger partial charge in [0.1, 0.15) is 5.75 Å². The van der Waals surface area contributed by atoms with E-state index in [9.17, 15) is 9.59 Å². The summed E-state index contributed by atoms with van der Waals surface area (Å²) in [4.78, 5) is 25.4. The molecule has 2 aromatic carbocycles. The van der Waals surface area contributed by atoms with Crippen molar-refractivity contribution in [2.24, 2.45) is 0 Å². The molecule has 3 rings (SSSR count). The summed E-state index contributed by atoms with van der Waals surface area (Å²) in [5.74, 6) is 0.0718. The zero-order valence-electron chi connectivity index (χ0n) is 15.4. The van der Waals surface area contributed by atoms with E-state index in [0.29, 0.717) is 21.4 Å². The molecule has 1 N–H and O–H groups in total. The maximum atomic E-state index is 12.6. The second-order valence-electron chi connectivity index (χ2n) is 6.10. The molecule has 1 fully saturated rings. The third kappa shape index (κ3) is 4.99. The van der Waals surface area contributed by atoms with Crippen LogP contribution >= 0.6 is 24.0 Å². The molecule has 144 valence electrons. The molecule has 0 radical (unpaired) electrons. The highest BCUT2D eigenvalue weighted by atomic mass is 32.2. The first-order chi connectivity index (χ1) is 13.6. The van der Waals surface area contributed by atoms with Crippen LogP contribution in [0.5, 0.6) is 5.75 Å². The molecule has 28 heavy (non-hydrogen) atoms. The fraction of sp³-hybridized carbons (Fsp3) is 0.190. The van der Waals surface area contributed by atoms with Crippen LogP contribution in [0.1, 0.15) is 35.7 Å². The Labute approximate surface area is 173 Å². The number of benzene rings is 2. The standard InChI is InChI=1S/C21H20N2O3S2/c1-2-3-13-26-17-11-9-15(10-12-17)14-18-20(25)23(21(27)28-18)22-19(24)16-7-5-4-6-8-16/h4-12,14H,2-3,13H2,1H3,(H,22,24)/b18-14+. The summed E-state index contributed by atoms with van der Waals surface area (Å²) < 4.78 is 5.93. The van der Waals surface area contributed by atoms with Gasteiger partial charge in [-0.15, -0.1) is 0 Å². The van der Waals surface area contributed by atoms with Crippen molar-refractivity contribution in [1.82, 2.24) is 10.4 Å². The van der Waals surface area contributed by atoms with Crippen LogP contribution in [-0.2, 0) is 4.79 Å². The van der Waals surface area contributed by atoms with Gasteiger partial charge in [0.25, 0.3) is 11.8 Å². The van der Waals surface area contributed by atoms with Crippen LogP contribution in [0.15, 0.2) is 59.5 Å². The number of nitrogens with zero attached hydrogens (tertiary/aromatic N) is 1. The van der Waals surface area contributed by atoms with Crippen molar-refractivity contribution in [3.8, 4) is 5.75 Å². The minimum atomic E-state index is -0.383. The van der Waals surface area contributed by atoms with Crippen molar-refractivity contribution in [3.63, 3.8) is 0 Å². The van der Waals surface area contributed by atoms with Gasteiger partial charge in [-0.2, -0.15) is 5.01 Å². The van der Waals surface area contributed by atoms with Crippen LogP contribution in [0.25, 0.3) is 6.08 Å². The molecule has 2 amide bonds. The Morgan fingerprint density at radius 3 is 2.57 bits per heavy atom. The van der Waals surface area contributed by atoms with Crippen LogP contribution in [-0.4, -0.2) is 27.8 Å². The zero-order chi connectivity index (χ0) is 19.9. The smallest absolute Gasteiger partial charge is 0.285 e. The summed E-state index contributed by atoms with van der Waals surface area (Å²) in [5, 5.41) is 1.11. The number of amides is 2. The van der Waals surface area contributed by atoms with Crippen molar-refractivity contribution >= 4 is 46.2 Å². The Hall–Kier alpha value is -2.64. The van der Waals surface area contributed by atoms with Crippen LogP contribution in [0.4, 0.5) is 0 Å². The van der Waals surface area contributed by atoms with Gasteiger partial charge >= 0.3 is 0 Å². The molecule has 5 nitrogen and oxygen atoms in total. The number of carbonyl (C=O) groups excluding carboxylic acids is 2. The molecule has 0 bridgehead atoms. The molecular weight excluding hydrogens is 392 g/mol. The first-order valence-corrected chi connectivity index (χ1v) is 10.2. The van der Waals surface area contributed by atoms with E-state index in [0.717, 1.165) is 40.9 Å². The Bertz CT molecular complexity index is 896. The summed E-state index contributed by atoms with van der Waals surface area (Å²) in [5.41, 5.74) is 3.89. The van der Waals surface area contributed by atoms with Crippen molar-refractivity contribution in [3.05, 3.63) is 70.6 Å². The molecule has 1 aliphatic heterocycles. The number of rotatable bonds is 7. The number of carbonyl (C=O) groups is 2. The fourth-order valence-corrected chi connectivity index (χ4v) is 3.65. The van der Waals surface area contributed by atoms with Crippen molar-refractivity contribution in [1.29, 1.82) is 0 Å². The number of hydrazine groups is 1. The maximum Gasteiger partial charge on any atom is 0.285 e. The van der Waals surface area contributed by atoms with Gasteiger partial charge in [0.2, 0.25) is 0 Å². The molecule has 7 heteroatoms. The lowest BCUT2D eigenvalue weighted by Gasteiger charge is -2.15. The molecule has 0 saturated carbocycles. The third-order valence-electron chi connectivity index (χ3n) is 3.99. The van der Waals surface area contributed by atoms with Gasteiger partial charge < -0.3 is 4.74 Å². The van der Waals surface area contributed by atoms with Crippen LogP contribution < -0.4 is 10.2 Å². The number of thioether (sulfide) groups is 1. The van der Waals surface area contributed by atoms with Crippen LogP contribution in [0.2, 0.25) is 0 Å². The molecule has 1 saturated heterocycles. The van der Waals surface area contributed by atoms with Gasteiger partial charge in [0, 0.05) is 5.56 Å². The Morgan fingerprint density at radius 1 is 1.18 bits per heavy atom. The van der Waals surface area contributed by atoms with E-state index in [1.54, 1.807) is 30.3 Å². The number of thiocarbonyl (C=S) groups is 1. The molecule has 1 aliphatic rings. The molecule has 0 aromatic heterocycles. The lowest BCUT2D eigenvalue weighted by atomic mass is 10.2. The van der Waals surface area contributed by atoms with Gasteiger partial charge in [0.05, 0.1) is 11.5 Å². The second-order valence-corrected chi connectivity index (χ2v) is 7.77. The van der Waals surface area contributed by atoms with Crippen molar-refractivity contribution in [2.45, 2.75) is 19.8 Å². The summed E-state index contributed by atoms with van der Waals surface area (Å²) in [6.45, 7) is 2.81. The summed E-state index contributed by atoms with van der Waals surface area (Å²) in [6.07, 6.45) is 3.85. The minimum Gasteiger partial charge on any atom is -0.494 e. The van der Waals surface area contributed by atoms with E-state index in [2.05, 4.69) is 12.3 Å². The van der Waals surface area contributed by atoms with Gasteiger partial charge in [-0.1, -0.05) is 55.4 Å². The topological polar surface area (TPSA) is 58.6 Å². The van der Waals surface area contributed by atoms with Crippen molar-refractivity contribution < 1.29 is 14.3 Å². The lowest BCUT2D eigenvalue weighted by Crippen LogP contribution is -2.44. The number of ether oxygens (including phenoxy) is 1. The van der Waals surface area contributed by atoms with E-state index < -0.39 is 0 Å². The van der Waals surface area contributed by atoms with E-state index in [4.69, 9.17) is 17.0 Å². The highest BCUT2D eigenvalue weighted by Crippen LogP contribution is 2.31. The quantitative estimate of drug-likeness (QED) is 0.415. The summed E-state index contributed by atoms with van der Waals surface area (Å²) in [7, 11) is 0. The molecule has 0 aliphatic carbocycles. The molecule has 0 atom stereocenters. The predicted molar refractivity (Wildman–Crippen MR) is 116 cm³/mol. The first kappa shape index (κ1) is 20.1. The van der Waals surface area contributed by atoms with E-state index >= 15 is 0 Å². The molecule has 2 aromatic rings. The zero-order valence-corrected chi connectivity index (χ0v) is 17.0. The lowest BCUT2D eigenvalue weighted by molar-refractivity contribution is -0.123. The highest BCUT2D eigenvalue weighted by molar-refractivity contribution is 8.26. The molecular formula is C21H20N2O3S2. The van der Waals surface area contributed by atoms with Gasteiger partial charge in [-0.05, 0) is 54.5 Å². The average molecular weight is 413 g/mol. The van der Waals surface area contributed by atoms with Crippen LogP contribution in [0, 0.1) is 0 Å². The number of nitrogens with one attached hydrogen (secondary N) is 1. The predicted octanol–water partition coefficient (Wildman–Crippen LogP) is 4.41. The first-order valence-electron chi connectivity index (χ1n) is 8.95. The monoisotopic (exact) mass is 412 g/mol. The number of unbranched alkanes of at least 4 members (excludes halogenated alkanes) is 1. The third-order valence-corrected chi connectivity index (χ3v) is 5.29. The maximum absolute atomic E-state index is 12.6. The second kappa shape index (κ2) is 9.52. The molecule has 0 spiro atoms. The van der Waals surface area contributed by atoms with E-state index in [1.807, 2.05) is 30.3 Å². The fourth-order valence-electron chi connectivity index (χ4n) is 2.47. The van der Waals surface area contributed by atoms with Gasteiger partial charge in [-0.25, -0.2) is 0 Å². The largest absolute Gasteiger partial charge is 0.494 e. The minimum absolute atomic E-state index is 0.292. The number of hydrogen-bond acceptors (Lipinski definition) is 5. The van der Waals surface area contributed by atoms with E-state index in [-0.39, 0.29) is 11.8 Å². The van der Waals surface area contributed by atoms with Crippen LogP contribution in [0.3, 0.4) is 0 Å². The van der Waals surface area contributed by atoms with Gasteiger partial charge in [0.15, 0.2) is 4.32 Å². The van der Waals surface area contributed by atoms with Crippen molar-refractivity contribution in [2.75, 3.05) is 6.61 Å². The molecule has 0 unspecified atom stereocenters. The normalized spacial score (nSPS) is 15.2. The number of hydrogen-bond donors (Lipinski definition) is 1. The highest BCUT2D eigenvalue weighted by Gasteiger charge is 2.33. The Balaban J connectivity index is 1.66. The van der Waals surface area contributed by atoms with Gasteiger partial charge in [-0.3, -0.25) is 15.0 Å². The SMILES string of the molecule is CCCCOc1ccc(/C=C2/SC(=S)N(NC(=O)c3ccccc3)C2=O)cc1. The molecule has 1 heterocycles. The van der Waals surface area contributed by atoms with E-state index in [1.165, 1.54) is 0 Å². The summed E-state index contributed by atoms with van der Waals surface area (Å²) >= 11 is 6.41.